The fourth-order valence-electron chi connectivity index (χ4n) is 1.79. The fraction of sp³-hybridized carbons (Fsp3) is 0.300. The lowest BCUT2D eigenvalue weighted by Gasteiger charge is -2.00. The van der Waals surface area contributed by atoms with Crippen molar-refractivity contribution in [1.29, 1.82) is 0 Å². The summed E-state index contributed by atoms with van der Waals surface area (Å²) in [4.78, 5) is 0. The second-order valence-corrected chi connectivity index (χ2v) is 3.24. The van der Waals surface area contributed by atoms with E-state index in [1.165, 1.54) is 5.56 Å². The van der Waals surface area contributed by atoms with Gasteiger partial charge in [0.25, 0.3) is 0 Å². The van der Waals surface area contributed by atoms with Gasteiger partial charge < -0.3 is 5.21 Å². The molecule has 2 heteroatoms. The van der Waals surface area contributed by atoms with Crippen molar-refractivity contribution in [2.45, 2.75) is 19.3 Å². The summed E-state index contributed by atoms with van der Waals surface area (Å²) in [6.07, 6.45) is 0.857. The quantitative estimate of drug-likeness (QED) is 0.460. The first-order valence-corrected chi connectivity index (χ1v) is 4.13. The van der Waals surface area contributed by atoms with Crippen molar-refractivity contribution in [2.24, 2.45) is 5.16 Å². The molecule has 0 unspecified atom stereocenters. The lowest BCUT2D eigenvalue weighted by molar-refractivity contribution is 0.318. The third-order valence-electron chi connectivity index (χ3n) is 2.42. The van der Waals surface area contributed by atoms with Crippen LogP contribution in [0, 0.1) is 0 Å². The minimum atomic E-state index is 0.493. The van der Waals surface area contributed by atoms with Crippen LogP contribution in [0.25, 0.3) is 0 Å². The molecule has 0 saturated heterocycles. The van der Waals surface area contributed by atoms with Gasteiger partial charge in [-0.3, -0.25) is 0 Å². The van der Waals surface area contributed by atoms with Gasteiger partial charge >= 0.3 is 0 Å². The summed E-state index contributed by atoms with van der Waals surface area (Å²) in [7, 11) is 0. The summed E-state index contributed by atoms with van der Waals surface area (Å²) in [5.74, 6) is 0.493. The van der Waals surface area contributed by atoms with Gasteiger partial charge in [0.15, 0.2) is 0 Å². The van der Waals surface area contributed by atoms with E-state index >= 15 is 0 Å². The predicted molar refractivity (Wildman–Crippen MR) is 47.8 cm³/mol. The van der Waals surface area contributed by atoms with Crippen LogP contribution in [-0.4, -0.2) is 10.9 Å². The maximum atomic E-state index is 8.72. The summed E-state index contributed by atoms with van der Waals surface area (Å²) in [6.45, 7) is 2.15. The molecule has 0 saturated carbocycles. The Kier molecular flexibility index (Phi) is 1.61. The molecule has 0 fully saturated rings. The van der Waals surface area contributed by atoms with Gasteiger partial charge in [-0.2, -0.15) is 0 Å². The molecule has 1 N–H and O–H groups in total. The highest BCUT2D eigenvalue weighted by molar-refractivity contribution is 6.04. The van der Waals surface area contributed by atoms with Crippen molar-refractivity contribution in [2.75, 3.05) is 0 Å². The molecule has 0 aromatic heterocycles. The normalized spacial score (nSPS) is 24.4. The topological polar surface area (TPSA) is 32.6 Å². The van der Waals surface area contributed by atoms with E-state index in [0.717, 1.165) is 17.7 Å². The molecule has 1 aliphatic carbocycles. The minimum Gasteiger partial charge on any atom is -0.411 e. The smallest absolute Gasteiger partial charge is 0.0876 e. The standard InChI is InChI=1S/C10H11NO/c1-7-6-10(11-12)9-5-3-2-4-8(7)9/h2-5,7,12H,6H2,1H3/t7-/m1/s1. The van der Waals surface area contributed by atoms with Crippen molar-refractivity contribution >= 4 is 5.71 Å². The van der Waals surface area contributed by atoms with Crippen LogP contribution in [0.3, 0.4) is 0 Å². The Morgan fingerprint density at radius 3 is 2.92 bits per heavy atom. The van der Waals surface area contributed by atoms with Gasteiger partial charge in [0.2, 0.25) is 0 Å². The Bertz CT molecular complexity index is 330. The lowest BCUT2D eigenvalue weighted by Crippen LogP contribution is -1.92. The Labute approximate surface area is 71.5 Å². The van der Waals surface area contributed by atoms with Crippen LogP contribution in [0.5, 0.6) is 0 Å². The maximum Gasteiger partial charge on any atom is 0.0876 e. The lowest BCUT2D eigenvalue weighted by atomic mass is 10.0. The van der Waals surface area contributed by atoms with Gasteiger partial charge in [-0.25, -0.2) is 0 Å². The van der Waals surface area contributed by atoms with E-state index < -0.39 is 0 Å². The molecule has 1 aliphatic rings. The highest BCUT2D eigenvalue weighted by Crippen LogP contribution is 2.32. The van der Waals surface area contributed by atoms with Crippen molar-refractivity contribution < 1.29 is 5.21 Å². The summed E-state index contributed by atoms with van der Waals surface area (Å²) in [6, 6.07) is 8.10. The molecular formula is C10H11NO. The monoisotopic (exact) mass is 161 g/mol. The van der Waals surface area contributed by atoms with Crippen molar-refractivity contribution in [3.8, 4) is 0 Å². The molecule has 1 atom stereocenters. The second kappa shape index (κ2) is 2.63. The first-order chi connectivity index (χ1) is 5.83. The summed E-state index contributed by atoms with van der Waals surface area (Å²) >= 11 is 0. The largest absolute Gasteiger partial charge is 0.411 e. The zero-order valence-electron chi connectivity index (χ0n) is 6.99. The first-order valence-electron chi connectivity index (χ1n) is 4.13. The molecule has 2 nitrogen and oxygen atoms in total. The predicted octanol–water partition coefficient (Wildman–Crippen LogP) is 2.37. The molecule has 62 valence electrons. The molecule has 0 heterocycles. The number of benzene rings is 1. The van der Waals surface area contributed by atoms with E-state index in [-0.39, 0.29) is 0 Å². The zero-order chi connectivity index (χ0) is 8.55. The van der Waals surface area contributed by atoms with Gasteiger partial charge in [0, 0.05) is 12.0 Å². The third kappa shape index (κ3) is 0.916. The van der Waals surface area contributed by atoms with Crippen LogP contribution < -0.4 is 0 Å². The highest BCUT2D eigenvalue weighted by atomic mass is 16.4. The molecule has 0 amide bonds. The third-order valence-corrected chi connectivity index (χ3v) is 2.42. The maximum absolute atomic E-state index is 8.72. The molecule has 1 aromatic rings. The molecule has 0 radical (unpaired) electrons. The molecule has 0 bridgehead atoms. The Balaban J connectivity index is 2.57. The first kappa shape index (κ1) is 7.35. The molecule has 2 rings (SSSR count). The Morgan fingerprint density at radius 1 is 1.42 bits per heavy atom. The number of oxime groups is 1. The van der Waals surface area contributed by atoms with Crippen LogP contribution in [0.2, 0.25) is 0 Å². The average Bonchev–Trinajstić information content (AvgIpc) is 2.44. The number of hydrogen-bond acceptors (Lipinski definition) is 2. The van der Waals surface area contributed by atoms with Crippen LogP contribution in [0.15, 0.2) is 29.4 Å². The Morgan fingerprint density at radius 2 is 2.17 bits per heavy atom. The van der Waals surface area contributed by atoms with Crippen LogP contribution in [0.1, 0.15) is 30.4 Å². The summed E-state index contributed by atoms with van der Waals surface area (Å²) in [5.41, 5.74) is 3.22. The van der Waals surface area contributed by atoms with Crippen molar-refractivity contribution in [3.05, 3.63) is 35.4 Å². The summed E-state index contributed by atoms with van der Waals surface area (Å²) in [5, 5.41) is 12.0. The van der Waals surface area contributed by atoms with Crippen molar-refractivity contribution in [3.63, 3.8) is 0 Å². The number of fused-ring (bicyclic) bond motifs is 1. The molecule has 0 spiro atoms. The van der Waals surface area contributed by atoms with E-state index in [2.05, 4.69) is 18.1 Å². The van der Waals surface area contributed by atoms with E-state index in [1.807, 2.05) is 18.2 Å². The van der Waals surface area contributed by atoms with Crippen LogP contribution in [-0.2, 0) is 0 Å². The van der Waals surface area contributed by atoms with Crippen LogP contribution in [0.4, 0.5) is 0 Å². The SMILES string of the molecule is C[C@@H]1CC(=NO)c2ccccc21. The molecule has 12 heavy (non-hydrogen) atoms. The van der Waals surface area contributed by atoms with Gasteiger partial charge in [-0.05, 0) is 11.5 Å². The van der Waals surface area contributed by atoms with E-state index in [4.69, 9.17) is 5.21 Å². The van der Waals surface area contributed by atoms with Gasteiger partial charge in [-0.15, -0.1) is 0 Å². The zero-order valence-corrected chi connectivity index (χ0v) is 6.99. The summed E-state index contributed by atoms with van der Waals surface area (Å²) < 4.78 is 0. The second-order valence-electron chi connectivity index (χ2n) is 3.24. The average molecular weight is 161 g/mol. The molecule has 0 aliphatic heterocycles. The van der Waals surface area contributed by atoms with Gasteiger partial charge in [0.1, 0.15) is 0 Å². The van der Waals surface area contributed by atoms with E-state index in [1.54, 1.807) is 0 Å². The highest BCUT2D eigenvalue weighted by Gasteiger charge is 2.23. The van der Waals surface area contributed by atoms with E-state index in [9.17, 15) is 0 Å². The number of nitrogens with zero attached hydrogens (tertiary/aromatic N) is 1. The fourth-order valence-corrected chi connectivity index (χ4v) is 1.79. The molecular weight excluding hydrogens is 150 g/mol. The van der Waals surface area contributed by atoms with Gasteiger partial charge in [0.05, 0.1) is 5.71 Å². The Hall–Kier alpha value is -1.31. The molecule has 1 aromatic carbocycles. The number of rotatable bonds is 0. The van der Waals surface area contributed by atoms with E-state index in [0.29, 0.717) is 5.92 Å². The van der Waals surface area contributed by atoms with Crippen LogP contribution >= 0.6 is 0 Å². The van der Waals surface area contributed by atoms with Crippen molar-refractivity contribution in [1.82, 2.24) is 0 Å². The number of hydrogen-bond donors (Lipinski definition) is 1. The minimum absolute atomic E-state index is 0.493. The van der Waals surface area contributed by atoms with Gasteiger partial charge in [-0.1, -0.05) is 36.3 Å².